The van der Waals surface area contributed by atoms with Crippen molar-refractivity contribution in [1.82, 2.24) is 10.2 Å². The summed E-state index contributed by atoms with van der Waals surface area (Å²) < 4.78 is 10.7. The van der Waals surface area contributed by atoms with E-state index in [2.05, 4.69) is 16.3 Å². The second-order valence-corrected chi connectivity index (χ2v) is 5.70. The molecule has 0 aliphatic carbocycles. The first-order chi connectivity index (χ1) is 9.83. The standard InChI is InChI=1S/C15H20N2O2S/c20-15(17-6-2-1-3-7-17)10-16-9-12-4-5-13-14(8-12)19-11-18-13/h4-5,8,16H,1-3,6-7,9-11H2. The fraction of sp³-hybridized carbons (Fsp3) is 0.533. The van der Waals surface area contributed by atoms with Crippen LogP contribution >= 0.6 is 12.2 Å². The van der Waals surface area contributed by atoms with Gasteiger partial charge in [0.2, 0.25) is 6.79 Å². The molecule has 2 aliphatic heterocycles. The molecule has 0 bridgehead atoms. The van der Waals surface area contributed by atoms with Crippen molar-refractivity contribution in [2.75, 3.05) is 26.4 Å². The molecule has 0 unspecified atom stereocenters. The maximum atomic E-state index is 5.49. The lowest BCUT2D eigenvalue weighted by Crippen LogP contribution is -2.39. The van der Waals surface area contributed by atoms with E-state index in [1.54, 1.807) is 0 Å². The van der Waals surface area contributed by atoms with Gasteiger partial charge in [-0.25, -0.2) is 0 Å². The summed E-state index contributed by atoms with van der Waals surface area (Å²) in [6.45, 7) is 4.12. The highest BCUT2D eigenvalue weighted by Crippen LogP contribution is 2.32. The Labute approximate surface area is 125 Å². The van der Waals surface area contributed by atoms with E-state index in [4.69, 9.17) is 21.7 Å². The minimum atomic E-state index is 0.325. The summed E-state index contributed by atoms with van der Waals surface area (Å²) in [5.74, 6) is 1.67. The highest BCUT2D eigenvalue weighted by Gasteiger charge is 2.14. The first kappa shape index (κ1) is 13.6. The summed E-state index contributed by atoms with van der Waals surface area (Å²) in [5.41, 5.74) is 1.19. The van der Waals surface area contributed by atoms with Crippen LogP contribution in [-0.2, 0) is 6.54 Å². The van der Waals surface area contributed by atoms with Crippen LogP contribution in [0.25, 0.3) is 0 Å². The average Bonchev–Trinajstić information content (AvgIpc) is 2.95. The summed E-state index contributed by atoms with van der Waals surface area (Å²) in [4.78, 5) is 3.36. The largest absolute Gasteiger partial charge is 0.454 e. The van der Waals surface area contributed by atoms with Gasteiger partial charge in [-0.1, -0.05) is 18.3 Å². The minimum absolute atomic E-state index is 0.325. The zero-order valence-electron chi connectivity index (χ0n) is 11.6. The molecule has 108 valence electrons. The second kappa shape index (κ2) is 6.41. The molecule has 1 aromatic carbocycles. The summed E-state index contributed by atoms with van der Waals surface area (Å²) in [5, 5.41) is 3.41. The molecule has 0 atom stereocenters. The number of thiocarbonyl (C=S) groups is 1. The van der Waals surface area contributed by atoms with Gasteiger partial charge in [0.15, 0.2) is 11.5 Å². The molecule has 0 spiro atoms. The van der Waals surface area contributed by atoms with Crippen LogP contribution < -0.4 is 14.8 Å². The monoisotopic (exact) mass is 292 g/mol. The molecule has 4 nitrogen and oxygen atoms in total. The number of nitrogens with one attached hydrogen (secondary N) is 1. The number of likely N-dealkylation sites (tertiary alicyclic amines) is 1. The Morgan fingerprint density at radius 3 is 2.80 bits per heavy atom. The molecule has 20 heavy (non-hydrogen) atoms. The Hall–Kier alpha value is -1.33. The van der Waals surface area contributed by atoms with Crippen molar-refractivity contribution in [3.63, 3.8) is 0 Å². The van der Waals surface area contributed by atoms with Gasteiger partial charge in [-0.05, 0) is 37.0 Å². The molecule has 0 radical (unpaired) electrons. The van der Waals surface area contributed by atoms with Crippen molar-refractivity contribution >= 4 is 17.2 Å². The van der Waals surface area contributed by atoms with Crippen molar-refractivity contribution in [2.45, 2.75) is 25.8 Å². The molecule has 1 fully saturated rings. The van der Waals surface area contributed by atoms with E-state index in [0.29, 0.717) is 6.79 Å². The van der Waals surface area contributed by atoms with Crippen molar-refractivity contribution in [1.29, 1.82) is 0 Å². The summed E-state index contributed by atoms with van der Waals surface area (Å²) in [6.07, 6.45) is 3.87. The van der Waals surface area contributed by atoms with Crippen molar-refractivity contribution < 1.29 is 9.47 Å². The number of benzene rings is 1. The molecular weight excluding hydrogens is 272 g/mol. The Bertz CT molecular complexity index is 487. The molecule has 1 aromatic rings. The topological polar surface area (TPSA) is 33.7 Å². The first-order valence-corrected chi connectivity index (χ1v) is 7.61. The van der Waals surface area contributed by atoms with Gasteiger partial charge in [0.05, 0.1) is 4.99 Å². The zero-order valence-corrected chi connectivity index (χ0v) is 12.4. The van der Waals surface area contributed by atoms with E-state index in [0.717, 1.165) is 42.7 Å². The molecule has 0 saturated carbocycles. The SMILES string of the molecule is S=C(CNCc1ccc2c(c1)OCO2)N1CCCCC1. The third kappa shape index (κ3) is 3.22. The molecule has 2 aliphatic rings. The summed E-state index contributed by atoms with van der Waals surface area (Å²) in [6, 6.07) is 6.05. The molecule has 0 amide bonds. The van der Waals surface area contributed by atoms with Crippen molar-refractivity contribution in [2.24, 2.45) is 0 Å². The molecule has 2 heterocycles. The number of hydrogen-bond donors (Lipinski definition) is 1. The maximum Gasteiger partial charge on any atom is 0.231 e. The molecule has 1 N–H and O–H groups in total. The van der Waals surface area contributed by atoms with Gasteiger partial charge in [0.25, 0.3) is 0 Å². The van der Waals surface area contributed by atoms with Crippen LogP contribution in [0.4, 0.5) is 0 Å². The van der Waals surface area contributed by atoms with E-state index in [1.807, 2.05) is 12.1 Å². The summed E-state index contributed by atoms with van der Waals surface area (Å²) in [7, 11) is 0. The lowest BCUT2D eigenvalue weighted by Gasteiger charge is -2.29. The third-order valence-corrected chi connectivity index (χ3v) is 4.15. The Balaban J connectivity index is 1.46. The predicted molar refractivity (Wildman–Crippen MR) is 82.3 cm³/mol. The molecule has 5 heteroatoms. The van der Waals surface area contributed by atoms with E-state index in [1.165, 1.54) is 24.8 Å². The number of hydrogen-bond acceptors (Lipinski definition) is 4. The number of rotatable bonds is 4. The van der Waals surface area contributed by atoms with Crippen molar-refractivity contribution in [3.05, 3.63) is 23.8 Å². The van der Waals surface area contributed by atoms with Gasteiger partial charge >= 0.3 is 0 Å². The number of nitrogens with zero attached hydrogens (tertiary/aromatic N) is 1. The number of fused-ring (bicyclic) bond motifs is 1. The quantitative estimate of drug-likeness (QED) is 0.861. The normalized spacial score (nSPS) is 17.3. The number of piperidine rings is 1. The van der Waals surface area contributed by atoms with Gasteiger partial charge in [-0.2, -0.15) is 0 Å². The van der Waals surface area contributed by atoms with Crippen LogP contribution in [-0.4, -0.2) is 36.3 Å². The lowest BCUT2D eigenvalue weighted by atomic mass is 10.1. The zero-order chi connectivity index (χ0) is 13.8. The Morgan fingerprint density at radius 1 is 1.15 bits per heavy atom. The highest BCUT2D eigenvalue weighted by molar-refractivity contribution is 7.80. The van der Waals surface area contributed by atoms with Crippen LogP contribution in [0.15, 0.2) is 18.2 Å². The fourth-order valence-electron chi connectivity index (χ4n) is 2.62. The predicted octanol–water partition coefficient (Wildman–Crippen LogP) is 2.32. The van der Waals surface area contributed by atoms with E-state index in [9.17, 15) is 0 Å². The van der Waals surface area contributed by atoms with Gasteiger partial charge in [0, 0.05) is 26.2 Å². The minimum Gasteiger partial charge on any atom is -0.454 e. The van der Waals surface area contributed by atoms with Crippen LogP contribution in [0.5, 0.6) is 11.5 Å². The second-order valence-electron chi connectivity index (χ2n) is 5.23. The van der Waals surface area contributed by atoms with Crippen LogP contribution in [0.1, 0.15) is 24.8 Å². The number of ether oxygens (including phenoxy) is 2. The lowest BCUT2D eigenvalue weighted by molar-refractivity contribution is 0.174. The average molecular weight is 292 g/mol. The van der Waals surface area contributed by atoms with Crippen LogP contribution in [0.3, 0.4) is 0 Å². The van der Waals surface area contributed by atoms with Gasteiger partial charge in [0.1, 0.15) is 0 Å². The Kier molecular flexibility index (Phi) is 4.38. The van der Waals surface area contributed by atoms with E-state index < -0.39 is 0 Å². The molecular formula is C15H20N2O2S. The fourth-order valence-corrected chi connectivity index (χ4v) is 2.90. The van der Waals surface area contributed by atoms with Gasteiger partial charge < -0.3 is 19.7 Å². The Morgan fingerprint density at radius 2 is 1.95 bits per heavy atom. The smallest absolute Gasteiger partial charge is 0.231 e. The first-order valence-electron chi connectivity index (χ1n) is 7.20. The molecule has 0 aromatic heterocycles. The summed E-state index contributed by atoms with van der Waals surface area (Å²) >= 11 is 5.49. The van der Waals surface area contributed by atoms with Crippen molar-refractivity contribution in [3.8, 4) is 11.5 Å². The third-order valence-electron chi connectivity index (χ3n) is 3.75. The maximum absolute atomic E-state index is 5.49. The molecule has 1 saturated heterocycles. The van der Waals surface area contributed by atoms with Crippen LogP contribution in [0.2, 0.25) is 0 Å². The molecule has 3 rings (SSSR count). The van der Waals surface area contributed by atoms with Gasteiger partial charge in [-0.3, -0.25) is 0 Å². The van der Waals surface area contributed by atoms with E-state index >= 15 is 0 Å². The van der Waals surface area contributed by atoms with Gasteiger partial charge in [-0.15, -0.1) is 0 Å². The van der Waals surface area contributed by atoms with E-state index in [-0.39, 0.29) is 0 Å². The van der Waals surface area contributed by atoms with Crippen LogP contribution in [0, 0.1) is 0 Å². The highest BCUT2D eigenvalue weighted by atomic mass is 32.1.